The molecule has 5 heteroatoms. The fourth-order valence-corrected chi connectivity index (χ4v) is 1.32. The first-order valence-electron chi connectivity index (χ1n) is 5.56. The zero-order valence-corrected chi connectivity index (χ0v) is 10.7. The van der Waals surface area contributed by atoms with Crippen molar-refractivity contribution in [2.24, 2.45) is 0 Å². The highest BCUT2D eigenvalue weighted by Crippen LogP contribution is 2.09. The first-order chi connectivity index (χ1) is 8.31. The fraction of sp³-hybridized carbons (Fsp3) is 0.385. The SMILES string of the molecule is CC(C)(C)NC(=O)NCc1ccc(C#N)cc1F. The number of amides is 2. The summed E-state index contributed by atoms with van der Waals surface area (Å²) in [5.41, 5.74) is 0.265. The zero-order valence-electron chi connectivity index (χ0n) is 10.7. The summed E-state index contributed by atoms with van der Waals surface area (Å²) < 4.78 is 13.5. The summed E-state index contributed by atoms with van der Waals surface area (Å²) in [4.78, 5) is 11.5. The van der Waals surface area contributed by atoms with E-state index in [9.17, 15) is 9.18 Å². The number of hydrogen-bond donors (Lipinski definition) is 2. The normalized spacial score (nSPS) is 10.6. The number of urea groups is 1. The van der Waals surface area contributed by atoms with E-state index in [0.717, 1.165) is 6.07 Å². The van der Waals surface area contributed by atoms with Crippen LogP contribution in [0.2, 0.25) is 0 Å². The lowest BCUT2D eigenvalue weighted by atomic mass is 10.1. The second-order valence-corrected chi connectivity index (χ2v) is 4.98. The smallest absolute Gasteiger partial charge is 0.315 e. The monoisotopic (exact) mass is 249 g/mol. The van der Waals surface area contributed by atoms with Crippen molar-refractivity contribution in [1.29, 1.82) is 5.26 Å². The molecular formula is C13H16FN3O. The number of carbonyl (C=O) groups is 1. The molecule has 0 aromatic heterocycles. The Bertz CT molecular complexity index is 486. The molecule has 0 heterocycles. The molecule has 0 spiro atoms. The van der Waals surface area contributed by atoms with Crippen molar-refractivity contribution in [2.45, 2.75) is 32.9 Å². The van der Waals surface area contributed by atoms with E-state index in [-0.39, 0.29) is 23.7 Å². The molecule has 1 rings (SSSR count). The van der Waals surface area contributed by atoms with Crippen molar-refractivity contribution in [3.05, 3.63) is 35.1 Å². The Hall–Kier alpha value is -2.09. The number of rotatable bonds is 2. The Kier molecular flexibility index (Phi) is 4.27. The average Bonchev–Trinajstić information content (AvgIpc) is 2.25. The van der Waals surface area contributed by atoms with Gasteiger partial charge in [-0.1, -0.05) is 6.07 Å². The molecule has 1 aromatic rings. The fourth-order valence-electron chi connectivity index (χ4n) is 1.32. The molecule has 18 heavy (non-hydrogen) atoms. The van der Waals surface area contributed by atoms with Crippen LogP contribution in [0.4, 0.5) is 9.18 Å². The lowest BCUT2D eigenvalue weighted by Gasteiger charge is -2.20. The number of hydrogen-bond acceptors (Lipinski definition) is 2. The predicted octanol–water partition coefficient (Wildman–Crippen LogP) is 2.30. The third-order valence-electron chi connectivity index (χ3n) is 2.11. The molecule has 0 bridgehead atoms. The van der Waals surface area contributed by atoms with Crippen LogP contribution in [0, 0.1) is 17.1 Å². The quantitative estimate of drug-likeness (QED) is 0.844. The van der Waals surface area contributed by atoms with E-state index >= 15 is 0 Å². The first-order valence-corrected chi connectivity index (χ1v) is 5.56. The van der Waals surface area contributed by atoms with Crippen LogP contribution in [-0.2, 0) is 6.54 Å². The molecule has 0 saturated heterocycles. The molecule has 0 aliphatic carbocycles. The van der Waals surface area contributed by atoms with E-state index in [1.165, 1.54) is 12.1 Å². The Morgan fingerprint density at radius 2 is 2.11 bits per heavy atom. The summed E-state index contributed by atoms with van der Waals surface area (Å²) >= 11 is 0. The number of halogens is 1. The van der Waals surface area contributed by atoms with Gasteiger partial charge >= 0.3 is 6.03 Å². The van der Waals surface area contributed by atoms with Crippen LogP contribution in [0.5, 0.6) is 0 Å². The number of nitrogens with one attached hydrogen (secondary N) is 2. The zero-order chi connectivity index (χ0) is 13.8. The van der Waals surface area contributed by atoms with E-state index in [1.807, 2.05) is 26.8 Å². The van der Waals surface area contributed by atoms with Crippen LogP contribution in [0.15, 0.2) is 18.2 Å². The second-order valence-electron chi connectivity index (χ2n) is 4.98. The predicted molar refractivity (Wildman–Crippen MR) is 66.2 cm³/mol. The van der Waals surface area contributed by atoms with E-state index in [0.29, 0.717) is 5.56 Å². The van der Waals surface area contributed by atoms with Gasteiger partial charge in [0.15, 0.2) is 0 Å². The first kappa shape index (κ1) is 14.0. The Balaban J connectivity index is 2.59. The van der Waals surface area contributed by atoms with Gasteiger partial charge in [-0.3, -0.25) is 0 Å². The maximum absolute atomic E-state index is 13.5. The van der Waals surface area contributed by atoms with E-state index < -0.39 is 5.82 Å². The van der Waals surface area contributed by atoms with Gasteiger partial charge in [-0.2, -0.15) is 5.26 Å². The molecule has 1 aromatic carbocycles. The van der Waals surface area contributed by atoms with Crippen LogP contribution in [-0.4, -0.2) is 11.6 Å². The maximum atomic E-state index is 13.5. The highest BCUT2D eigenvalue weighted by atomic mass is 19.1. The van der Waals surface area contributed by atoms with Gasteiger partial charge < -0.3 is 10.6 Å². The van der Waals surface area contributed by atoms with Gasteiger partial charge in [-0.25, -0.2) is 9.18 Å². The van der Waals surface area contributed by atoms with E-state index in [4.69, 9.17) is 5.26 Å². The molecule has 0 aliphatic heterocycles. The van der Waals surface area contributed by atoms with Gasteiger partial charge in [0.25, 0.3) is 0 Å². The number of benzene rings is 1. The molecule has 96 valence electrons. The second kappa shape index (κ2) is 5.50. The van der Waals surface area contributed by atoms with Crippen molar-refractivity contribution in [2.75, 3.05) is 0 Å². The Morgan fingerprint density at radius 3 is 2.61 bits per heavy atom. The summed E-state index contributed by atoms with van der Waals surface area (Å²) in [7, 11) is 0. The molecular weight excluding hydrogens is 233 g/mol. The minimum absolute atomic E-state index is 0.0828. The van der Waals surface area contributed by atoms with Gasteiger partial charge in [0.1, 0.15) is 5.82 Å². The van der Waals surface area contributed by atoms with Crippen LogP contribution in [0.25, 0.3) is 0 Å². The highest BCUT2D eigenvalue weighted by molar-refractivity contribution is 5.74. The van der Waals surface area contributed by atoms with E-state index in [2.05, 4.69) is 10.6 Å². The van der Waals surface area contributed by atoms with Crippen LogP contribution in [0.3, 0.4) is 0 Å². The molecule has 0 aliphatic rings. The molecule has 0 radical (unpaired) electrons. The number of nitriles is 1. The van der Waals surface area contributed by atoms with Gasteiger partial charge in [0, 0.05) is 17.6 Å². The van der Waals surface area contributed by atoms with Crippen molar-refractivity contribution in [1.82, 2.24) is 10.6 Å². The molecule has 2 amide bonds. The van der Waals surface area contributed by atoms with Gasteiger partial charge in [-0.05, 0) is 32.9 Å². The highest BCUT2D eigenvalue weighted by Gasteiger charge is 2.13. The Morgan fingerprint density at radius 1 is 1.44 bits per heavy atom. The van der Waals surface area contributed by atoms with Crippen molar-refractivity contribution >= 4 is 6.03 Å². The number of carbonyl (C=O) groups excluding carboxylic acids is 1. The summed E-state index contributed by atoms with van der Waals surface area (Å²) in [6, 6.07) is 5.65. The largest absolute Gasteiger partial charge is 0.334 e. The third-order valence-corrected chi connectivity index (χ3v) is 2.11. The van der Waals surface area contributed by atoms with E-state index in [1.54, 1.807) is 0 Å². The summed E-state index contributed by atoms with van der Waals surface area (Å²) in [6.45, 7) is 5.65. The van der Waals surface area contributed by atoms with Gasteiger partial charge in [-0.15, -0.1) is 0 Å². The van der Waals surface area contributed by atoms with Gasteiger partial charge in [0.05, 0.1) is 11.6 Å². The molecule has 0 saturated carbocycles. The van der Waals surface area contributed by atoms with Crippen LogP contribution < -0.4 is 10.6 Å². The topological polar surface area (TPSA) is 64.9 Å². The summed E-state index contributed by atoms with van der Waals surface area (Å²) in [6.07, 6.45) is 0. The lowest BCUT2D eigenvalue weighted by molar-refractivity contribution is 0.231. The average molecular weight is 249 g/mol. The van der Waals surface area contributed by atoms with Gasteiger partial charge in [0.2, 0.25) is 0 Å². The molecule has 0 unspecified atom stereocenters. The summed E-state index contributed by atoms with van der Waals surface area (Å²) in [5.74, 6) is -0.495. The van der Waals surface area contributed by atoms with Crippen LogP contribution >= 0.6 is 0 Å². The molecule has 0 atom stereocenters. The summed E-state index contributed by atoms with van der Waals surface area (Å²) in [5, 5.41) is 13.9. The standard InChI is InChI=1S/C13H16FN3O/c1-13(2,3)17-12(18)16-8-10-5-4-9(7-15)6-11(10)14/h4-6H,8H2,1-3H3,(H2,16,17,18). The lowest BCUT2D eigenvalue weighted by Crippen LogP contribution is -2.46. The minimum atomic E-state index is -0.495. The van der Waals surface area contributed by atoms with Crippen molar-refractivity contribution < 1.29 is 9.18 Å². The van der Waals surface area contributed by atoms with Crippen molar-refractivity contribution in [3.8, 4) is 6.07 Å². The molecule has 4 nitrogen and oxygen atoms in total. The maximum Gasteiger partial charge on any atom is 0.315 e. The third kappa shape index (κ3) is 4.42. The minimum Gasteiger partial charge on any atom is -0.334 e. The molecule has 0 fully saturated rings. The van der Waals surface area contributed by atoms with Crippen molar-refractivity contribution in [3.63, 3.8) is 0 Å². The van der Waals surface area contributed by atoms with Crippen LogP contribution in [0.1, 0.15) is 31.9 Å². The Labute approximate surface area is 106 Å². The number of nitrogens with zero attached hydrogens (tertiary/aromatic N) is 1. The molecule has 2 N–H and O–H groups in total.